The molecule has 2 N–H and O–H groups in total. The first-order chi connectivity index (χ1) is 9.35. The molecule has 2 rings (SSSR count). The Morgan fingerprint density at radius 1 is 1.40 bits per heavy atom. The zero-order chi connectivity index (χ0) is 14.9. The lowest BCUT2D eigenvalue weighted by atomic mass is 9.98. The fourth-order valence-electron chi connectivity index (χ4n) is 1.89. The molecule has 0 radical (unpaired) electrons. The van der Waals surface area contributed by atoms with Crippen molar-refractivity contribution in [2.24, 2.45) is 0 Å². The zero-order valence-electron chi connectivity index (χ0n) is 10.1. The van der Waals surface area contributed by atoms with Crippen LogP contribution in [0, 0.1) is 3.57 Å². The summed E-state index contributed by atoms with van der Waals surface area (Å²) < 4.78 is 5.61. The van der Waals surface area contributed by atoms with E-state index in [2.05, 4.69) is 5.32 Å². The van der Waals surface area contributed by atoms with Gasteiger partial charge in [-0.1, -0.05) is 23.2 Å². The molecule has 1 aromatic carbocycles. The second kappa shape index (κ2) is 6.05. The van der Waals surface area contributed by atoms with Gasteiger partial charge in [0, 0.05) is 21.6 Å². The Hall–Kier alpha value is -0.570. The van der Waals surface area contributed by atoms with Gasteiger partial charge in [0.2, 0.25) is 0 Å². The van der Waals surface area contributed by atoms with E-state index in [1.165, 1.54) is 12.1 Å². The number of nitrogens with one attached hydrogen (secondary N) is 1. The molecule has 1 aliphatic heterocycles. The van der Waals surface area contributed by atoms with Crippen molar-refractivity contribution in [2.45, 2.75) is 12.0 Å². The molecule has 1 unspecified atom stereocenters. The molecule has 0 spiro atoms. The Morgan fingerprint density at radius 3 is 2.65 bits per heavy atom. The molecule has 0 aliphatic carbocycles. The molecule has 20 heavy (non-hydrogen) atoms. The molecule has 5 nitrogen and oxygen atoms in total. The summed E-state index contributed by atoms with van der Waals surface area (Å²) in [6.07, 6.45) is 0.221. The molecule has 0 saturated carbocycles. The van der Waals surface area contributed by atoms with Crippen LogP contribution in [0.15, 0.2) is 12.1 Å². The molecular weight excluding hydrogens is 420 g/mol. The zero-order valence-corrected chi connectivity index (χ0v) is 13.8. The fraction of sp³-hybridized carbons (Fsp3) is 0.333. The highest BCUT2D eigenvalue weighted by Gasteiger charge is 2.44. The monoisotopic (exact) mass is 429 g/mol. The highest BCUT2D eigenvalue weighted by molar-refractivity contribution is 14.1. The van der Waals surface area contributed by atoms with Crippen LogP contribution >= 0.6 is 45.8 Å². The number of hydrogen-bond acceptors (Lipinski definition) is 3. The van der Waals surface area contributed by atoms with Crippen molar-refractivity contribution in [2.75, 3.05) is 13.2 Å². The maximum atomic E-state index is 12.3. The quantitative estimate of drug-likeness (QED) is 0.572. The van der Waals surface area contributed by atoms with E-state index in [1.807, 2.05) is 22.6 Å². The van der Waals surface area contributed by atoms with Gasteiger partial charge in [0.15, 0.2) is 5.54 Å². The Kier molecular flexibility index (Phi) is 4.78. The Balaban J connectivity index is 2.30. The maximum Gasteiger partial charge on any atom is 0.331 e. The van der Waals surface area contributed by atoms with Gasteiger partial charge in [-0.2, -0.15) is 0 Å². The second-order valence-electron chi connectivity index (χ2n) is 4.39. The van der Waals surface area contributed by atoms with Crippen LogP contribution < -0.4 is 5.32 Å². The first-order valence-electron chi connectivity index (χ1n) is 5.64. The predicted molar refractivity (Wildman–Crippen MR) is 82.4 cm³/mol. The van der Waals surface area contributed by atoms with Crippen molar-refractivity contribution >= 4 is 57.7 Å². The lowest BCUT2D eigenvalue weighted by molar-refractivity contribution is -0.144. The molecule has 1 fully saturated rings. The lowest BCUT2D eigenvalue weighted by Gasteiger charge is -2.24. The van der Waals surface area contributed by atoms with E-state index in [-0.39, 0.29) is 18.6 Å². The number of benzene rings is 1. The largest absolute Gasteiger partial charge is 0.479 e. The van der Waals surface area contributed by atoms with Gasteiger partial charge in [0.1, 0.15) is 0 Å². The third kappa shape index (κ3) is 3.03. The highest BCUT2D eigenvalue weighted by Crippen LogP contribution is 2.28. The summed E-state index contributed by atoms with van der Waals surface area (Å²) in [6, 6.07) is 2.98. The Bertz CT molecular complexity index is 573. The van der Waals surface area contributed by atoms with Crippen LogP contribution in [-0.2, 0) is 9.53 Å². The van der Waals surface area contributed by atoms with Crippen LogP contribution in [0.25, 0.3) is 0 Å². The molecule has 0 aromatic heterocycles. The van der Waals surface area contributed by atoms with Crippen LogP contribution in [0.5, 0.6) is 0 Å². The van der Waals surface area contributed by atoms with Gasteiger partial charge in [0.05, 0.1) is 17.2 Å². The van der Waals surface area contributed by atoms with Crippen LogP contribution in [-0.4, -0.2) is 35.7 Å². The van der Waals surface area contributed by atoms with Crippen molar-refractivity contribution in [1.82, 2.24) is 5.32 Å². The molecule has 1 heterocycles. The van der Waals surface area contributed by atoms with E-state index >= 15 is 0 Å². The van der Waals surface area contributed by atoms with Gasteiger partial charge in [-0.15, -0.1) is 0 Å². The van der Waals surface area contributed by atoms with E-state index < -0.39 is 17.4 Å². The highest BCUT2D eigenvalue weighted by atomic mass is 127. The molecule has 8 heteroatoms. The minimum atomic E-state index is -1.39. The SMILES string of the molecule is O=C(NC1(C(=O)O)CCOC1)c1cc(Cl)cc(Cl)c1I. The third-order valence-corrected chi connectivity index (χ3v) is 5.02. The summed E-state index contributed by atoms with van der Waals surface area (Å²) in [7, 11) is 0. The molecular formula is C12H10Cl2INO4. The molecule has 1 saturated heterocycles. The summed E-state index contributed by atoms with van der Waals surface area (Å²) in [5.41, 5.74) is -1.15. The first-order valence-corrected chi connectivity index (χ1v) is 7.47. The molecule has 1 amide bonds. The smallest absolute Gasteiger partial charge is 0.331 e. The molecule has 0 bridgehead atoms. The number of halogens is 3. The average molecular weight is 430 g/mol. The molecule has 108 valence electrons. The van der Waals surface area contributed by atoms with Crippen molar-refractivity contribution in [3.63, 3.8) is 0 Å². The normalized spacial score (nSPS) is 21.8. The molecule has 1 aliphatic rings. The summed E-state index contributed by atoms with van der Waals surface area (Å²) in [6.45, 7) is 0.235. The molecule has 1 aromatic rings. The average Bonchev–Trinajstić information content (AvgIpc) is 2.83. The number of aliphatic carboxylic acids is 1. The van der Waals surface area contributed by atoms with Crippen molar-refractivity contribution in [3.05, 3.63) is 31.3 Å². The summed E-state index contributed by atoms with van der Waals surface area (Å²) >= 11 is 13.8. The van der Waals surface area contributed by atoms with Gasteiger partial charge < -0.3 is 15.2 Å². The van der Waals surface area contributed by atoms with E-state index in [4.69, 9.17) is 27.9 Å². The number of hydrogen-bond donors (Lipinski definition) is 2. The minimum Gasteiger partial charge on any atom is -0.479 e. The van der Waals surface area contributed by atoms with Gasteiger partial charge in [-0.25, -0.2) is 4.79 Å². The first kappa shape index (κ1) is 15.8. The van der Waals surface area contributed by atoms with E-state index in [0.29, 0.717) is 20.2 Å². The number of ether oxygens (including phenoxy) is 1. The standard InChI is InChI=1S/C12H10Cl2INO4/c13-6-3-7(9(15)8(14)4-6)10(17)16-12(11(18)19)1-2-20-5-12/h3-4H,1-2,5H2,(H,16,17)(H,18,19). The van der Waals surface area contributed by atoms with E-state index in [9.17, 15) is 14.7 Å². The minimum absolute atomic E-state index is 0.0566. The van der Waals surface area contributed by atoms with Gasteiger partial charge >= 0.3 is 5.97 Å². The second-order valence-corrected chi connectivity index (χ2v) is 6.32. The fourth-order valence-corrected chi connectivity index (χ4v) is 2.94. The van der Waals surface area contributed by atoms with Crippen molar-refractivity contribution in [1.29, 1.82) is 0 Å². The Labute approximate surface area is 138 Å². The van der Waals surface area contributed by atoms with Crippen LogP contribution in [0.2, 0.25) is 10.0 Å². The number of rotatable bonds is 3. The maximum absolute atomic E-state index is 12.3. The van der Waals surface area contributed by atoms with Crippen LogP contribution in [0.1, 0.15) is 16.8 Å². The number of carbonyl (C=O) groups is 2. The Morgan fingerprint density at radius 2 is 2.10 bits per heavy atom. The molecule has 1 atom stereocenters. The summed E-state index contributed by atoms with van der Waals surface area (Å²) in [5, 5.41) is 12.5. The predicted octanol–water partition coefficient (Wildman–Crippen LogP) is 2.57. The summed E-state index contributed by atoms with van der Waals surface area (Å²) in [5.74, 6) is -1.65. The number of amides is 1. The van der Waals surface area contributed by atoms with Gasteiger partial charge in [-0.05, 0) is 34.7 Å². The van der Waals surface area contributed by atoms with Crippen molar-refractivity contribution in [3.8, 4) is 0 Å². The van der Waals surface area contributed by atoms with Gasteiger partial charge in [-0.3, -0.25) is 4.79 Å². The lowest BCUT2D eigenvalue weighted by Crippen LogP contribution is -2.55. The third-order valence-electron chi connectivity index (χ3n) is 3.02. The number of carbonyl (C=O) groups excluding carboxylic acids is 1. The number of carboxylic acid groups (broad SMARTS) is 1. The van der Waals surface area contributed by atoms with Crippen molar-refractivity contribution < 1.29 is 19.4 Å². The number of carboxylic acids is 1. The van der Waals surface area contributed by atoms with Crippen LogP contribution in [0.4, 0.5) is 0 Å². The topological polar surface area (TPSA) is 75.6 Å². The van der Waals surface area contributed by atoms with Crippen LogP contribution in [0.3, 0.4) is 0 Å². The summed E-state index contributed by atoms with van der Waals surface area (Å²) in [4.78, 5) is 23.6. The van der Waals surface area contributed by atoms with E-state index in [0.717, 1.165) is 0 Å². The van der Waals surface area contributed by atoms with Gasteiger partial charge in [0.25, 0.3) is 5.91 Å². The van der Waals surface area contributed by atoms with E-state index in [1.54, 1.807) is 0 Å².